The molecule has 2 rings (SSSR count). The van der Waals surface area contributed by atoms with Gasteiger partial charge >= 0.3 is 0 Å². The van der Waals surface area contributed by atoms with E-state index in [2.05, 4.69) is 15.2 Å². The number of nitrogens with zero attached hydrogens (tertiary/aromatic N) is 1. The van der Waals surface area contributed by atoms with Crippen LogP contribution in [0.1, 0.15) is 11.4 Å². The molecule has 0 radical (unpaired) electrons. The summed E-state index contributed by atoms with van der Waals surface area (Å²) < 4.78 is 0. The average Bonchev–Trinajstić information content (AvgIpc) is 2.74. The summed E-state index contributed by atoms with van der Waals surface area (Å²) in [5.41, 5.74) is 2.02. The molecule has 3 nitrogen and oxygen atoms in total. The molecule has 0 amide bonds. The lowest BCUT2D eigenvalue weighted by Crippen LogP contribution is -1.71. The van der Waals surface area contributed by atoms with Gasteiger partial charge in [0.05, 0.1) is 5.69 Å². The minimum atomic E-state index is 0.935. The first kappa shape index (κ1) is 6.91. The van der Waals surface area contributed by atoms with Crippen LogP contribution in [0.4, 0.5) is 0 Å². The van der Waals surface area contributed by atoms with Gasteiger partial charge in [0, 0.05) is 18.1 Å². The summed E-state index contributed by atoms with van der Waals surface area (Å²) in [5.74, 6) is 0. The van der Waals surface area contributed by atoms with Crippen LogP contribution in [0.5, 0.6) is 0 Å². The van der Waals surface area contributed by atoms with Crippen molar-refractivity contribution in [1.82, 2.24) is 15.2 Å². The molecular weight excluding hydrogens is 150 g/mol. The van der Waals surface area contributed by atoms with E-state index in [0.717, 1.165) is 11.4 Å². The maximum atomic E-state index is 3.99. The van der Waals surface area contributed by atoms with Crippen molar-refractivity contribution < 1.29 is 0 Å². The summed E-state index contributed by atoms with van der Waals surface area (Å²) in [6, 6.07) is 5.88. The first-order valence-electron chi connectivity index (χ1n) is 3.76. The van der Waals surface area contributed by atoms with Crippen molar-refractivity contribution in [3.63, 3.8) is 0 Å². The van der Waals surface area contributed by atoms with Crippen LogP contribution in [-0.2, 0) is 0 Å². The lowest BCUT2D eigenvalue weighted by atomic mass is 10.3. The van der Waals surface area contributed by atoms with Gasteiger partial charge in [-0.1, -0.05) is 0 Å². The summed E-state index contributed by atoms with van der Waals surface area (Å²) in [4.78, 5) is 3.07. The predicted octanol–water partition coefficient (Wildman–Crippen LogP) is 1.91. The van der Waals surface area contributed by atoms with E-state index in [-0.39, 0.29) is 0 Å². The Balaban J connectivity index is 2.14. The molecule has 0 aliphatic heterocycles. The molecule has 0 atom stereocenters. The fraction of sp³-hybridized carbons (Fsp3) is 0. The van der Waals surface area contributed by atoms with Crippen LogP contribution in [0.3, 0.4) is 0 Å². The number of rotatable bonds is 2. The van der Waals surface area contributed by atoms with Crippen LogP contribution in [0.15, 0.2) is 30.6 Å². The lowest BCUT2D eigenvalue weighted by Gasteiger charge is -1.82. The molecule has 2 aromatic heterocycles. The van der Waals surface area contributed by atoms with E-state index >= 15 is 0 Å². The molecule has 0 saturated heterocycles. The molecule has 3 heteroatoms. The minimum Gasteiger partial charge on any atom is -0.362 e. The standard InChI is InChI=1S/C9H9N3/c1-2-8(10-6-1)3-4-9-5-7-11-12-9/h1-7,10H,(H,11,12)/b4-3+. The number of aromatic nitrogens is 3. The molecule has 0 bridgehead atoms. The Bertz CT molecular complexity index is 307. The quantitative estimate of drug-likeness (QED) is 0.690. The highest BCUT2D eigenvalue weighted by molar-refractivity contribution is 5.65. The number of aromatic amines is 2. The van der Waals surface area contributed by atoms with Crippen LogP contribution in [0, 0.1) is 0 Å². The van der Waals surface area contributed by atoms with Crippen LogP contribution in [0.2, 0.25) is 0 Å². The zero-order valence-corrected chi connectivity index (χ0v) is 6.49. The van der Waals surface area contributed by atoms with E-state index in [0.29, 0.717) is 0 Å². The summed E-state index contributed by atoms with van der Waals surface area (Å²) in [5, 5.41) is 6.74. The molecule has 2 aromatic rings. The first-order chi connectivity index (χ1) is 5.95. The molecule has 0 unspecified atom stereocenters. The van der Waals surface area contributed by atoms with Gasteiger partial charge in [0.15, 0.2) is 0 Å². The molecule has 0 spiro atoms. The minimum absolute atomic E-state index is 0.935. The van der Waals surface area contributed by atoms with E-state index in [4.69, 9.17) is 0 Å². The second-order valence-electron chi connectivity index (χ2n) is 2.46. The predicted molar refractivity (Wildman–Crippen MR) is 48.3 cm³/mol. The first-order valence-corrected chi connectivity index (χ1v) is 3.76. The zero-order chi connectivity index (χ0) is 8.23. The highest BCUT2D eigenvalue weighted by Gasteiger charge is 1.87. The van der Waals surface area contributed by atoms with Crippen molar-refractivity contribution in [2.24, 2.45) is 0 Å². The highest BCUT2D eigenvalue weighted by Crippen LogP contribution is 2.02. The van der Waals surface area contributed by atoms with Gasteiger partial charge in [0.1, 0.15) is 0 Å². The van der Waals surface area contributed by atoms with Crippen molar-refractivity contribution in [2.75, 3.05) is 0 Å². The van der Waals surface area contributed by atoms with Crippen LogP contribution in [-0.4, -0.2) is 15.2 Å². The normalized spacial score (nSPS) is 11.0. The van der Waals surface area contributed by atoms with Crippen molar-refractivity contribution in [2.45, 2.75) is 0 Å². The fourth-order valence-corrected chi connectivity index (χ4v) is 0.988. The molecule has 2 heterocycles. The summed E-state index contributed by atoms with van der Waals surface area (Å²) in [7, 11) is 0. The van der Waals surface area contributed by atoms with Gasteiger partial charge in [-0.15, -0.1) is 0 Å². The maximum absolute atomic E-state index is 3.99. The molecule has 0 saturated carbocycles. The SMILES string of the molecule is C(=C\c1ccc[nH]1)/c1cc[nH]n1. The second-order valence-corrected chi connectivity index (χ2v) is 2.46. The molecule has 0 aliphatic rings. The van der Waals surface area contributed by atoms with Gasteiger partial charge in [-0.2, -0.15) is 5.10 Å². The van der Waals surface area contributed by atoms with Crippen molar-refractivity contribution in [1.29, 1.82) is 0 Å². The monoisotopic (exact) mass is 159 g/mol. The highest BCUT2D eigenvalue weighted by atomic mass is 15.1. The number of hydrogen-bond acceptors (Lipinski definition) is 1. The Morgan fingerprint density at radius 1 is 1.17 bits per heavy atom. The van der Waals surface area contributed by atoms with E-state index in [1.54, 1.807) is 6.20 Å². The number of H-pyrrole nitrogens is 2. The molecule has 0 aromatic carbocycles. The Hall–Kier alpha value is -1.77. The third-order valence-corrected chi connectivity index (χ3v) is 1.58. The Kier molecular flexibility index (Phi) is 1.78. The number of hydrogen-bond donors (Lipinski definition) is 2. The van der Waals surface area contributed by atoms with E-state index in [1.807, 2.05) is 36.5 Å². The lowest BCUT2D eigenvalue weighted by molar-refractivity contribution is 1.08. The topological polar surface area (TPSA) is 44.5 Å². The molecule has 2 N–H and O–H groups in total. The van der Waals surface area contributed by atoms with Gasteiger partial charge in [-0.3, -0.25) is 5.10 Å². The molecule has 12 heavy (non-hydrogen) atoms. The summed E-state index contributed by atoms with van der Waals surface area (Å²) in [6.07, 6.45) is 7.62. The Morgan fingerprint density at radius 2 is 2.17 bits per heavy atom. The molecule has 0 aliphatic carbocycles. The van der Waals surface area contributed by atoms with Crippen LogP contribution in [0.25, 0.3) is 12.2 Å². The van der Waals surface area contributed by atoms with Crippen molar-refractivity contribution in [3.8, 4) is 0 Å². The number of nitrogens with one attached hydrogen (secondary N) is 2. The summed E-state index contributed by atoms with van der Waals surface area (Å²) >= 11 is 0. The molecular formula is C9H9N3. The van der Waals surface area contributed by atoms with Gasteiger partial charge in [-0.25, -0.2) is 0 Å². The van der Waals surface area contributed by atoms with Gasteiger partial charge in [0.25, 0.3) is 0 Å². The van der Waals surface area contributed by atoms with Gasteiger partial charge in [-0.05, 0) is 30.4 Å². The fourth-order valence-electron chi connectivity index (χ4n) is 0.988. The summed E-state index contributed by atoms with van der Waals surface area (Å²) in [6.45, 7) is 0. The smallest absolute Gasteiger partial charge is 0.0849 e. The van der Waals surface area contributed by atoms with E-state index < -0.39 is 0 Å². The van der Waals surface area contributed by atoms with Gasteiger partial charge in [0.2, 0.25) is 0 Å². The third kappa shape index (κ3) is 1.45. The zero-order valence-electron chi connectivity index (χ0n) is 6.49. The molecule has 0 fully saturated rings. The van der Waals surface area contributed by atoms with Crippen molar-refractivity contribution >= 4 is 12.2 Å². The van der Waals surface area contributed by atoms with Crippen LogP contribution >= 0.6 is 0 Å². The molecule has 60 valence electrons. The average molecular weight is 159 g/mol. The Labute approximate surface area is 70.1 Å². The Morgan fingerprint density at radius 3 is 2.83 bits per heavy atom. The van der Waals surface area contributed by atoms with Crippen LogP contribution < -0.4 is 0 Å². The van der Waals surface area contributed by atoms with E-state index in [1.165, 1.54) is 0 Å². The van der Waals surface area contributed by atoms with E-state index in [9.17, 15) is 0 Å². The largest absolute Gasteiger partial charge is 0.362 e. The maximum Gasteiger partial charge on any atom is 0.0849 e. The second kappa shape index (κ2) is 3.09. The third-order valence-electron chi connectivity index (χ3n) is 1.58. The van der Waals surface area contributed by atoms with Crippen molar-refractivity contribution in [3.05, 3.63) is 42.0 Å². The van der Waals surface area contributed by atoms with Gasteiger partial charge < -0.3 is 4.98 Å².